The highest BCUT2D eigenvalue weighted by Crippen LogP contribution is 2.17. The van der Waals surface area contributed by atoms with Crippen LogP contribution < -0.4 is 0 Å². The minimum Gasteiger partial charge on any atom is -0.303 e. The Morgan fingerprint density at radius 1 is 1.53 bits per heavy atom. The zero-order chi connectivity index (χ0) is 10.8. The monoisotopic (exact) mass is 202 g/mol. The van der Waals surface area contributed by atoms with Crippen molar-refractivity contribution < 1.29 is 4.79 Å². The molecule has 3 nitrogen and oxygen atoms in total. The molecule has 0 spiro atoms. The van der Waals surface area contributed by atoms with Gasteiger partial charge in [0.1, 0.15) is 12.1 Å². The van der Waals surface area contributed by atoms with E-state index in [2.05, 4.69) is 16.3 Å². The molecule has 0 fully saturated rings. The molecular weight excluding hydrogens is 188 g/mol. The number of hydrogen-bond donors (Lipinski definition) is 0. The molecule has 2 rings (SSSR count). The largest absolute Gasteiger partial charge is 0.303 e. The molecule has 15 heavy (non-hydrogen) atoms. The summed E-state index contributed by atoms with van der Waals surface area (Å²) in [5.41, 5.74) is 3.14. The van der Waals surface area contributed by atoms with Gasteiger partial charge in [-0.1, -0.05) is 13.0 Å². The first-order valence-corrected chi connectivity index (χ1v) is 5.17. The van der Waals surface area contributed by atoms with Gasteiger partial charge in [-0.25, -0.2) is 4.98 Å². The van der Waals surface area contributed by atoms with Crippen LogP contribution in [0.15, 0.2) is 18.3 Å². The Bertz CT molecular complexity index is 500. The molecule has 0 aliphatic heterocycles. The van der Waals surface area contributed by atoms with Gasteiger partial charge in [0.05, 0.1) is 11.2 Å². The van der Waals surface area contributed by atoms with Gasteiger partial charge in [0.2, 0.25) is 0 Å². The first kappa shape index (κ1) is 9.90. The predicted molar refractivity (Wildman–Crippen MR) is 59.1 cm³/mol. The number of pyridine rings is 1. The summed E-state index contributed by atoms with van der Waals surface area (Å²) in [5.74, 6) is 1.05. The third-order valence-electron chi connectivity index (χ3n) is 2.61. The summed E-state index contributed by atoms with van der Waals surface area (Å²) in [7, 11) is 0. The maximum atomic E-state index is 10.6. The zero-order valence-corrected chi connectivity index (χ0v) is 9.03. The molecule has 2 heterocycles. The minimum atomic E-state index is 0.458. The molecule has 0 aliphatic rings. The van der Waals surface area contributed by atoms with Gasteiger partial charge in [0.25, 0.3) is 0 Å². The van der Waals surface area contributed by atoms with Gasteiger partial charge in [-0.2, -0.15) is 0 Å². The number of aryl methyl sites for hydroxylation is 2. The number of aldehydes is 1. The summed E-state index contributed by atoms with van der Waals surface area (Å²) in [6, 6.07) is 3.95. The van der Waals surface area contributed by atoms with Crippen molar-refractivity contribution in [3.05, 3.63) is 35.4 Å². The number of aromatic nitrogens is 2. The molecule has 2 aromatic rings. The Kier molecular flexibility index (Phi) is 2.54. The molecule has 0 amide bonds. The van der Waals surface area contributed by atoms with Crippen molar-refractivity contribution in [3.8, 4) is 0 Å². The van der Waals surface area contributed by atoms with Crippen molar-refractivity contribution >= 4 is 11.8 Å². The summed E-state index contributed by atoms with van der Waals surface area (Å²) in [5, 5.41) is 0. The molecule has 0 saturated carbocycles. The molecule has 0 bridgehead atoms. The average Bonchev–Trinajstić information content (AvgIpc) is 2.57. The van der Waals surface area contributed by atoms with Crippen LogP contribution in [0.4, 0.5) is 0 Å². The van der Waals surface area contributed by atoms with Gasteiger partial charge in [0.15, 0.2) is 0 Å². The Morgan fingerprint density at radius 2 is 2.33 bits per heavy atom. The van der Waals surface area contributed by atoms with Crippen molar-refractivity contribution in [2.24, 2.45) is 0 Å². The summed E-state index contributed by atoms with van der Waals surface area (Å²) >= 11 is 0. The number of carbonyl (C=O) groups excluding carboxylic acids is 1. The van der Waals surface area contributed by atoms with Gasteiger partial charge in [-0.3, -0.25) is 0 Å². The second kappa shape index (κ2) is 3.85. The molecule has 0 radical (unpaired) electrons. The maximum absolute atomic E-state index is 10.6. The molecule has 0 saturated heterocycles. The second-order valence-corrected chi connectivity index (χ2v) is 3.59. The first-order chi connectivity index (χ1) is 7.27. The number of imidazole rings is 1. The molecule has 2 aromatic heterocycles. The number of carbonyl (C=O) groups is 1. The number of fused-ring (bicyclic) bond motifs is 1. The van der Waals surface area contributed by atoms with E-state index in [0.29, 0.717) is 6.42 Å². The number of hydrogen-bond acceptors (Lipinski definition) is 2. The highest BCUT2D eigenvalue weighted by atomic mass is 16.1. The van der Waals surface area contributed by atoms with E-state index in [-0.39, 0.29) is 0 Å². The highest BCUT2D eigenvalue weighted by Gasteiger charge is 2.09. The van der Waals surface area contributed by atoms with Gasteiger partial charge in [-0.15, -0.1) is 0 Å². The third kappa shape index (κ3) is 1.54. The van der Waals surface area contributed by atoms with Crippen LogP contribution in [0.2, 0.25) is 0 Å². The number of rotatable bonds is 3. The average molecular weight is 202 g/mol. The Hall–Kier alpha value is -1.64. The SMILES string of the molecule is CCc1nc(C)c2c(CC=O)cccn12. The zero-order valence-electron chi connectivity index (χ0n) is 9.03. The van der Waals surface area contributed by atoms with E-state index >= 15 is 0 Å². The van der Waals surface area contributed by atoms with Crippen LogP contribution in [0.1, 0.15) is 24.0 Å². The highest BCUT2D eigenvalue weighted by molar-refractivity contribution is 5.67. The molecule has 3 heteroatoms. The van der Waals surface area contributed by atoms with Crippen molar-refractivity contribution in [1.29, 1.82) is 0 Å². The summed E-state index contributed by atoms with van der Waals surface area (Å²) < 4.78 is 2.08. The lowest BCUT2D eigenvalue weighted by Crippen LogP contribution is -1.95. The van der Waals surface area contributed by atoms with Gasteiger partial charge in [-0.05, 0) is 18.6 Å². The fraction of sp³-hybridized carbons (Fsp3) is 0.333. The van der Waals surface area contributed by atoms with Crippen molar-refractivity contribution in [1.82, 2.24) is 9.38 Å². The van der Waals surface area contributed by atoms with Crippen LogP contribution in [0.5, 0.6) is 0 Å². The van der Waals surface area contributed by atoms with E-state index in [0.717, 1.165) is 35.3 Å². The van der Waals surface area contributed by atoms with Crippen LogP contribution >= 0.6 is 0 Å². The van der Waals surface area contributed by atoms with Gasteiger partial charge >= 0.3 is 0 Å². The molecule has 0 aliphatic carbocycles. The Balaban J connectivity index is 2.73. The van der Waals surface area contributed by atoms with Crippen molar-refractivity contribution in [2.45, 2.75) is 26.7 Å². The predicted octanol–water partition coefficient (Wildman–Crippen LogP) is 1.95. The topological polar surface area (TPSA) is 34.4 Å². The molecule has 0 unspecified atom stereocenters. The molecule has 0 aromatic carbocycles. The van der Waals surface area contributed by atoms with Crippen LogP contribution in [0.25, 0.3) is 5.52 Å². The minimum absolute atomic E-state index is 0.458. The molecule has 78 valence electrons. The number of nitrogens with zero attached hydrogens (tertiary/aromatic N) is 2. The van der Waals surface area contributed by atoms with Crippen molar-refractivity contribution in [2.75, 3.05) is 0 Å². The fourth-order valence-corrected chi connectivity index (χ4v) is 1.98. The fourth-order valence-electron chi connectivity index (χ4n) is 1.98. The lowest BCUT2D eigenvalue weighted by molar-refractivity contribution is -0.107. The van der Waals surface area contributed by atoms with E-state index in [9.17, 15) is 4.79 Å². The Labute approximate surface area is 88.8 Å². The smallest absolute Gasteiger partial charge is 0.124 e. The lowest BCUT2D eigenvalue weighted by atomic mass is 10.1. The van der Waals surface area contributed by atoms with E-state index in [1.807, 2.05) is 25.3 Å². The van der Waals surface area contributed by atoms with Gasteiger partial charge < -0.3 is 9.20 Å². The first-order valence-electron chi connectivity index (χ1n) is 5.17. The van der Waals surface area contributed by atoms with Crippen LogP contribution in [0.3, 0.4) is 0 Å². The summed E-state index contributed by atoms with van der Waals surface area (Å²) in [4.78, 5) is 15.1. The standard InChI is InChI=1S/C12H14N2O/c1-3-11-13-9(2)12-10(6-8-15)5-4-7-14(11)12/h4-5,7-8H,3,6H2,1-2H3. The van der Waals surface area contributed by atoms with E-state index in [1.54, 1.807) is 0 Å². The molecule has 0 N–H and O–H groups in total. The summed E-state index contributed by atoms with van der Waals surface area (Å²) in [6.45, 7) is 4.07. The summed E-state index contributed by atoms with van der Waals surface area (Å²) in [6.07, 6.45) is 4.30. The van der Waals surface area contributed by atoms with Crippen molar-refractivity contribution in [3.63, 3.8) is 0 Å². The molecular formula is C12H14N2O. The van der Waals surface area contributed by atoms with Crippen LogP contribution in [-0.4, -0.2) is 15.7 Å². The van der Waals surface area contributed by atoms with Crippen LogP contribution in [-0.2, 0) is 17.6 Å². The Morgan fingerprint density at radius 3 is 3.00 bits per heavy atom. The lowest BCUT2D eigenvalue weighted by Gasteiger charge is -2.02. The third-order valence-corrected chi connectivity index (χ3v) is 2.61. The molecule has 0 atom stereocenters. The van der Waals surface area contributed by atoms with E-state index in [1.165, 1.54) is 0 Å². The van der Waals surface area contributed by atoms with E-state index in [4.69, 9.17) is 0 Å². The second-order valence-electron chi connectivity index (χ2n) is 3.59. The maximum Gasteiger partial charge on any atom is 0.124 e. The quantitative estimate of drug-likeness (QED) is 0.713. The van der Waals surface area contributed by atoms with E-state index < -0.39 is 0 Å². The van der Waals surface area contributed by atoms with Crippen LogP contribution in [0, 0.1) is 6.92 Å². The normalized spacial score (nSPS) is 10.8. The van der Waals surface area contributed by atoms with Gasteiger partial charge in [0, 0.05) is 19.0 Å².